The Labute approximate surface area is 194 Å². The van der Waals surface area contributed by atoms with E-state index in [0.717, 1.165) is 63.3 Å². The SMILES string of the molecule is CN=C(NCCCn1cccn1)NCC(c1cccc(Cl)c1)N1CCOCC1.I. The number of guanidine groups is 1. The van der Waals surface area contributed by atoms with Gasteiger partial charge in [-0.05, 0) is 30.2 Å². The zero-order chi connectivity index (χ0) is 19.6. The highest BCUT2D eigenvalue weighted by Gasteiger charge is 2.23. The zero-order valence-electron chi connectivity index (χ0n) is 16.8. The van der Waals surface area contributed by atoms with Crippen molar-refractivity contribution in [2.75, 3.05) is 46.4 Å². The molecule has 0 bridgehead atoms. The summed E-state index contributed by atoms with van der Waals surface area (Å²) in [6.45, 7) is 5.81. The smallest absolute Gasteiger partial charge is 0.191 e. The number of hydrogen-bond donors (Lipinski definition) is 2. The second kappa shape index (κ2) is 13.0. The van der Waals surface area contributed by atoms with Gasteiger partial charge in [-0.3, -0.25) is 14.6 Å². The fourth-order valence-corrected chi connectivity index (χ4v) is 3.55. The van der Waals surface area contributed by atoms with Crippen LogP contribution in [0.3, 0.4) is 0 Å². The van der Waals surface area contributed by atoms with Crippen LogP contribution in [0, 0.1) is 0 Å². The Kier molecular flexibility index (Phi) is 10.8. The van der Waals surface area contributed by atoms with Gasteiger partial charge >= 0.3 is 0 Å². The van der Waals surface area contributed by atoms with E-state index in [4.69, 9.17) is 16.3 Å². The molecule has 2 aromatic rings. The molecule has 1 aliphatic rings. The van der Waals surface area contributed by atoms with Crippen molar-refractivity contribution in [3.8, 4) is 0 Å². The van der Waals surface area contributed by atoms with Gasteiger partial charge in [0.1, 0.15) is 0 Å². The van der Waals surface area contributed by atoms with Crippen molar-refractivity contribution in [2.24, 2.45) is 4.99 Å². The van der Waals surface area contributed by atoms with E-state index in [-0.39, 0.29) is 30.0 Å². The summed E-state index contributed by atoms with van der Waals surface area (Å²) >= 11 is 6.24. The molecule has 0 aliphatic carbocycles. The number of aryl methyl sites for hydroxylation is 1. The van der Waals surface area contributed by atoms with E-state index >= 15 is 0 Å². The lowest BCUT2D eigenvalue weighted by Gasteiger charge is -2.35. The van der Waals surface area contributed by atoms with Gasteiger partial charge in [-0.15, -0.1) is 24.0 Å². The zero-order valence-corrected chi connectivity index (χ0v) is 19.8. The summed E-state index contributed by atoms with van der Waals surface area (Å²) in [7, 11) is 1.80. The maximum atomic E-state index is 6.24. The molecule has 1 unspecified atom stereocenters. The summed E-state index contributed by atoms with van der Waals surface area (Å²) in [5.74, 6) is 0.806. The Morgan fingerprint density at radius 3 is 2.79 bits per heavy atom. The summed E-state index contributed by atoms with van der Waals surface area (Å²) in [6, 6.07) is 10.3. The number of morpholine rings is 1. The van der Waals surface area contributed by atoms with Crippen molar-refractivity contribution >= 4 is 41.5 Å². The summed E-state index contributed by atoms with van der Waals surface area (Å²) < 4.78 is 7.46. The minimum absolute atomic E-state index is 0. The highest BCUT2D eigenvalue weighted by Crippen LogP contribution is 2.23. The Bertz CT molecular complexity index is 736. The molecule has 1 aromatic carbocycles. The number of nitrogens with zero attached hydrogens (tertiary/aromatic N) is 4. The molecule has 160 valence electrons. The highest BCUT2D eigenvalue weighted by molar-refractivity contribution is 14.0. The molecule has 0 spiro atoms. The van der Waals surface area contributed by atoms with Gasteiger partial charge in [0, 0.05) is 57.2 Å². The maximum Gasteiger partial charge on any atom is 0.191 e. The van der Waals surface area contributed by atoms with Gasteiger partial charge in [-0.2, -0.15) is 5.10 Å². The van der Waals surface area contributed by atoms with Crippen LogP contribution in [0.15, 0.2) is 47.7 Å². The van der Waals surface area contributed by atoms with Crippen LogP contribution in [0.5, 0.6) is 0 Å². The molecule has 1 fully saturated rings. The van der Waals surface area contributed by atoms with Crippen molar-refractivity contribution in [2.45, 2.75) is 19.0 Å². The molecular formula is C20H30ClIN6O. The van der Waals surface area contributed by atoms with Gasteiger partial charge in [0.25, 0.3) is 0 Å². The van der Waals surface area contributed by atoms with Crippen LogP contribution in [0.4, 0.5) is 0 Å². The Hall–Kier alpha value is -1.36. The van der Waals surface area contributed by atoms with Gasteiger partial charge in [0.2, 0.25) is 0 Å². The van der Waals surface area contributed by atoms with E-state index in [1.807, 2.05) is 35.1 Å². The standard InChI is InChI=1S/C20H29ClN6O.HI/c1-22-20(23-7-3-9-27-10-4-8-25-27)24-16-19(26-11-13-28-14-12-26)17-5-2-6-18(21)15-17;/h2,4-6,8,10,15,19H,3,7,9,11-14,16H2,1H3,(H2,22,23,24);1H. The molecule has 1 aromatic heterocycles. The first-order valence-electron chi connectivity index (χ1n) is 9.75. The molecule has 7 nitrogen and oxygen atoms in total. The molecule has 1 atom stereocenters. The molecule has 2 heterocycles. The number of nitrogens with one attached hydrogen (secondary N) is 2. The second-order valence-electron chi connectivity index (χ2n) is 6.72. The molecule has 9 heteroatoms. The van der Waals surface area contributed by atoms with Gasteiger partial charge in [-0.25, -0.2) is 0 Å². The van der Waals surface area contributed by atoms with Crippen LogP contribution < -0.4 is 10.6 Å². The molecule has 0 saturated carbocycles. The molecule has 0 amide bonds. The van der Waals surface area contributed by atoms with Crippen molar-refractivity contribution < 1.29 is 4.74 Å². The average Bonchev–Trinajstić information content (AvgIpc) is 3.24. The Morgan fingerprint density at radius 2 is 2.10 bits per heavy atom. The normalized spacial score (nSPS) is 16.1. The van der Waals surface area contributed by atoms with Gasteiger partial charge in [0.15, 0.2) is 5.96 Å². The van der Waals surface area contributed by atoms with Crippen molar-refractivity contribution in [1.29, 1.82) is 0 Å². The van der Waals surface area contributed by atoms with Crippen molar-refractivity contribution in [3.05, 3.63) is 53.3 Å². The van der Waals surface area contributed by atoms with Crippen LogP contribution in [0.25, 0.3) is 0 Å². The lowest BCUT2D eigenvalue weighted by molar-refractivity contribution is 0.0170. The Balaban J connectivity index is 0.00000300. The molecular weight excluding hydrogens is 503 g/mol. The third-order valence-corrected chi connectivity index (χ3v) is 5.06. The van der Waals surface area contributed by atoms with Crippen molar-refractivity contribution in [3.63, 3.8) is 0 Å². The van der Waals surface area contributed by atoms with Crippen LogP contribution in [0.2, 0.25) is 5.02 Å². The number of aromatic nitrogens is 2. The van der Waals surface area contributed by atoms with Crippen LogP contribution in [0.1, 0.15) is 18.0 Å². The second-order valence-corrected chi connectivity index (χ2v) is 7.16. The first kappa shape index (κ1) is 23.9. The van der Waals surface area contributed by atoms with Gasteiger partial charge < -0.3 is 15.4 Å². The maximum absolute atomic E-state index is 6.24. The molecule has 0 radical (unpaired) electrons. The fraction of sp³-hybridized carbons (Fsp3) is 0.500. The summed E-state index contributed by atoms with van der Waals surface area (Å²) in [6.07, 6.45) is 4.75. The minimum atomic E-state index is 0. The van der Waals surface area contributed by atoms with Crippen LogP contribution in [-0.2, 0) is 11.3 Å². The average molecular weight is 533 g/mol. The third-order valence-electron chi connectivity index (χ3n) is 4.82. The Morgan fingerprint density at radius 1 is 1.28 bits per heavy atom. The van der Waals surface area contributed by atoms with Gasteiger partial charge in [0.05, 0.1) is 19.3 Å². The highest BCUT2D eigenvalue weighted by atomic mass is 127. The number of halogens is 2. The van der Waals surface area contributed by atoms with Crippen LogP contribution in [-0.4, -0.2) is 67.1 Å². The van der Waals surface area contributed by atoms with Crippen molar-refractivity contribution in [1.82, 2.24) is 25.3 Å². The van der Waals surface area contributed by atoms with Gasteiger partial charge in [-0.1, -0.05) is 23.7 Å². The molecule has 1 aliphatic heterocycles. The predicted octanol–water partition coefficient (Wildman–Crippen LogP) is 2.78. The molecule has 1 saturated heterocycles. The quantitative estimate of drug-likeness (QED) is 0.237. The molecule has 29 heavy (non-hydrogen) atoms. The topological polar surface area (TPSA) is 66.7 Å². The van der Waals surface area contributed by atoms with E-state index in [2.05, 4.69) is 31.7 Å². The molecule has 2 N–H and O–H groups in total. The number of hydrogen-bond acceptors (Lipinski definition) is 4. The van der Waals surface area contributed by atoms with E-state index in [0.29, 0.717) is 0 Å². The largest absolute Gasteiger partial charge is 0.379 e. The monoisotopic (exact) mass is 532 g/mol. The van der Waals surface area contributed by atoms with E-state index in [9.17, 15) is 0 Å². The summed E-state index contributed by atoms with van der Waals surface area (Å²) in [5, 5.41) is 11.8. The van der Waals surface area contributed by atoms with E-state index < -0.39 is 0 Å². The van der Waals surface area contributed by atoms with E-state index in [1.54, 1.807) is 13.2 Å². The fourth-order valence-electron chi connectivity index (χ4n) is 3.36. The first-order valence-corrected chi connectivity index (χ1v) is 10.1. The third kappa shape index (κ3) is 7.76. The van der Waals surface area contributed by atoms with Crippen LogP contribution >= 0.6 is 35.6 Å². The first-order chi connectivity index (χ1) is 13.8. The number of rotatable bonds is 8. The number of benzene rings is 1. The minimum Gasteiger partial charge on any atom is -0.379 e. The number of ether oxygens (including phenoxy) is 1. The molecule has 3 rings (SSSR count). The number of aliphatic imine (C=N–C) groups is 1. The summed E-state index contributed by atoms with van der Waals surface area (Å²) in [4.78, 5) is 6.79. The predicted molar refractivity (Wildman–Crippen MR) is 128 cm³/mol. The van der Waals surface area contributed by atoms with E-state index in [1.165, 1.54) is 5.56 Å². The lowest BCUT2D eigenvalue weighted by atomic mass is 10.0. The summed E-state index contributed by atoms with van der Waals surface area (Å²) in [5.41, 5.74) is 1.20. The lowest BCUT2D eigenvalue weighted by Crippen LogP contribution is -2.46.